The van der Waals surface area contributed by atoms with Crippen molar-refractivity contribution in [1.82, 2.24) is 14.7 Å². The van der Waals surface area contributed by atoms with E-state index in [4.69, 9.17) is 0 Å². The topological polar surface area (TPSA) is 43.9 Å². The van der Waals surface area contributed by atoms with Crippen LogP contribution in [-0.4, -0.2) is 65.8 Å². The molecule has 3 atom stereocenters. The van der Waals surface area contributed by atoms with Crippen LogP contribution in [0.2, 0.25) is 0 Å². The minimum atomic E-state index is -0.257. The number of fused-ring (bicyclic) bond motifs is 1. The fourth-order valence-electron chi connectivity index (χ4n) is 5.83. The van der Waals surface area contributed by atoms with Gasteiger partial charge in [0.2, 0.25) is 11.8 Å². The van der Waals surface area contributed by atoms with Crippen LogP contribution >= 0.6 is 11.3 Å². The third kappa shape index (κ3) is 4.58. The monoisotopic (exact) mass is 503 g/mol. The molecule has 2 fully saturated rings. The molecule has 3 aliphatic rings. The molecule has 2 aromatic carbocycles. The molecule has 2 amide bonds. The normalized spacial score (nSPS) is 23.9. The molecule has 2 aliphatic heterocycles. The standard InChI is InChI=1S/C29H30FN3O2S/c30-22-8-4-7-21(17-22)28-23-10-16-36-26(23)9-11-33(28)19-27(34)31-12-14-32(15-13-31)29(35)25-18-24(25)20-5-2-1-3-6-20/h1-8,10,16-17,24-25,28H,9,11-15,18-19H2/t24-,25-,28-/m0/s1. The molecule has 0 N–H and O–H groups in total. The molecule has 6 rings (SSSR count). The molecule has 36 heavy (non-hydrogen) atoms. The number of nitrogens with zero attached hydrogens (tertiary/aromatic N) is 3. The van der Waals surface area contributed by atoms with Crippen molar-refractivity contribution in [1.29, 1.82) is 0 Å². The van der Waals surface area contributed by atoms with Crippen molar-refractivity contribution in [2.45, 2.75) is 24.8 Å². The van der Waals surface area contributed by atoms with Crippen LogP contribution in [0, 0.1) is 11.7 Å². The summed E-state index contributed by atoms with van der Waals surface area (Å²) in [5.74, 6) is 0.458. The number of benzene rings is 2. The van der Waals surface area contributed by atoms with Gasteiger partial charge in [-0.25, -0.2) is 4.39 Å². The van der Waals surface area contributed by atoms with Crippen LogP contribution < -0.4 is 0 Å². The lowest BCUT2D eigenvalue weighted by molar-refractivity contribution is -0.141. The molecule has 1 saturated heterocycles. The van der Waals surface area contributed by atoms with Crippen LogP contribution in [0.3, 0.4) is 0 Å². The minimum absolute atomic E-state index is 0.0786. The summed E-state index contributed by atoms with van der Waals surface area (Å²) in [6, 6.07) is 19.0. The Kier molecular flexibility index (Phi) is 6.36. The number of hydrogen-bond acceptors (Lipinski definition) is 4. The quantitative estimate of drug-likeness (QED) is 0.521. The summed E-state index contributed by atoms with van der Waals surface area (Å²) in [6.07, 6.45) is 1.82. The average molecular weight is 504 g/mol. The van der Waals surface area contributed by atoms with Gasteiger partial charge in [0.05, 0.1) is 12.6 Å². The zero-order chi connectivity index (χ0) is 24.6. The van der Waals surface area contributed by atoms with Gasteiger partial charge in [-0.2, -0.15) is 0 Å². The molecular formula is C29H30FN3O2S. The van der Waals surface area contributed by atoms with Gasteiger partial charge >= 0.3 is 0 Å². The Hall–Kier alpha value is -3.03. The summed E-state index contributed by atoms with van der Waals surface area (Å²) < 4.78 is 14.1. The molecule has 0 unspecified atom stereocenters. The fraction of sp³-hybridized carbons (Fsp3) is 0.379. The highest BCUT2D eigenvalue weighted by Gasteiger charge is 2.46. The number of halogens is 1. The van der Waals surface area contributed by atoms with Crippen molar-refractivity contribution < 1.29 is 14.0 Å². The van der Waals surface area contributed by atoms with Crippen LogP contribution in [0.4, 0.5) is 4.39 Å². The van der Waals surface area contributed by atoms with E-state index in [0.717, 1.165) is 24.9 Å². The van der Waals surface area contributed by atoms with Gasteiger partial charge in [0, 0.05) is 43.5 Å². The summed E-state index contributed by atoms with van der Waals surface area (Å²) in [7, 11) is 0. The van der Waals surface area contributed by atoms with Gasteiger partial charge in [-0.05, 0) is 59.0 Å². The maximum absolute atomic E-state index is 14.1. The van der Waals surface area contributed by atoms with Gasteiger partial charge in [0.25, 0.3) is 0 Å². The fourth-order valence-corrected chi connectivity index (χ4v) is 6.73. The van der Waals surface area contributed by atoms with Crippen LogP contribution in [-0.2, 0) is 16.0 Å². The van der Waals surface area contributed by atoms with Crippen molar-refractivity contribution in [3.05, 3.63) is 93.4 Å². The first-order chi connectivity index (χ1) is 17.6. The largest absolute Gasteiger partial charge is 0.339 e. The van der Waals surface area contributed by atoms with Gasteiger partial charge in [0.15, 0.2) is 0 Å². The summed E-state index contributed by atoms with van der Waals surface area (Å²) in [5, 5.41) is 2.08. The number of amides is 2. The number of thiophene rings is 1. The molecule has 0 bridgehead atoms. The predicted octanol–water partition coefficient (Wildman–Crippen LogP) is 4.31. The molecular weight excluding hydrogens is 473 g/mol. The van der Waals surface area contributed by atoms with E-state index in [2.05, 4.69) is 28.5 Å². The van der Waals surface area contributed by atoms with Crippen molar-refractivity contribution in [2.24, 2.45) is 5.92 Å². The lowest BCUT2D eigenvalue weighted by atomic mass is 9.93. The Morgan fingerprint density at radius 2 is 1.64 bits per heavy atom. The van der Waals surface area contributed by atoms with E-state index in [1.54, 1.807) is 23.5 Å². The second kappa shape index (κ2) is 9.79. The lowest BCUT2D eigenvalue weighted by Gasteiger charge is -2.39. The highest BCUT2D eigenvalue weighted by atomic mass is 32.1. The van der Waals surface area contributed by atoms with Gasteiger partial charge in [-0.15, -0.1) is 11.3 Å². The van der Waals surface area contributed by atoms with E-state index >= 15 is 0 Å². The predicted molar refractivity (Wildman–Crippen MR) is 138 cm³/mol. The molecule has 0 radical (unpaired) electrons. The molecule has 3 aromatic rings. The molecule has 0 spiro atoms. The molecule has 1 aromatic heterocycles. The van der Waals surface area contributed by atoms with Crippen LogP contribution in [0.1, 0.15) is 39.9 Å². The molecule has 5 nitrogen and oxygen atoms in total. The zero-order valence-electron chi connectivity index (χ0n) is 20.2. The van der Waals surface area contributed by atoms with E-state index in [1.807, 2.05) is 34.1 Å². The molecule has 3 heterocycles. The third-order valence-electron chi connectivity index (χ3n) is 7.85. The first-order valence-corrected chi connectivity index (χ1v) is 13.6. The Morgan fingerprint density at radius 1 is 0.889 bits per heavy atom. The van der Waals surface area contributed by atoms with Gasteiger partial charge in [-0.1, -0.05) is 42.5 Å². The Morgan fingerprint density at radius 3 is 2.42 bits per heavy atom. The first-order valence-electron chi connectivity index (χ1n) is 12.8. The van der Waals surface area contributed by atoms with Crippen molar-refractivity contribution in [3.63, 3.8) is 0 Å². The lowest BCUT2D eigenvalue weighted by Crippen LogP contribution is -2.53. The maximum atomic E-state index is 14.1. The summed E-state index contributed by atoms with van der Waals surface area (Å²) >= 11 is 1.73. The molecule has 7 heteroatoms. The number of hydrogen-bond donors (Lipinski definition) is 0. The van der Waals surface area contributed by atoms with E-state index in [-0.39, 0.29) is 29.6 Å². The van der Waals surface area contributed by atoms with Crippen LogP contribution in [0.5, 0.6) is 0 Å². The first kappa shape index (κ1) is 23.4. The molecule has 1 aliphatic carbocycles. The van der Waals surface area contributed by atoms with Crippen molar-refractivity contribution >= 4 is 23.2 Å². The highest BCUT2D eigenvalue weighted by molar-refractivity contribution is 7.10. The average Bonchev–Trinajstić information content (AvgIpc) is 3.57. The number of piperazine rings is 1. The highest BCUT2D eigenvalue weighted by Crippen LogP contribution is 2.48. The van der Waals surface area contributed by atoms with Gasteiger partial charge in [0.1, 0.15) is 5.82 Å². The SMILES string of the molecule is O=C(CN1CCc2sccc2[C@@H]1c1cccc(F)c1)N1CCN(C(=O)[C@H]2C[C@H]2c2ccccc2)CC1. The third-order valence-corrected chi connectivity index (χ3v) is 8.84. The smallest absolute Gasteiger partial charge is 0.236 e. The Labute approximate surface area is 215 Å². The second-order valence-electron chi connectivity index (χ2n) is 10.0. The van der Waals surface area contributed by atoms with Crippen LogP contribution in [0.25, 0.3) is 0 Å². The summed E-state index contributed by atoms with van der Waals surface area (Å²) in [5.41, 5.74) is 3.31. The molecule has 1 saturated carbocycles. The van der Waals surface area contributed by atoms with Gasteiger partial charge < -0.3 is 9.80 Å². The zero-order valence-corrected chi connectivity index (χ0v) is 21.0. The van der Waals surface area contributed by atoms with Crippen molar-refractivity contribution in [3.8, 4) is 0 Å². The number of carbonyl (C=O) groups is 2. The van der Waals surface area contributed by atoms with Crippen molar-refractivity contribution in [2.75, 3.05) is 39.3 Å². The number of carbonyl (C=O) groups excluding carboxylic acids is 2. The second-order valence-corrected chi connectivity index (χ2v) is 11.0. The molecule has 186 valence electrons. The van der Waals surface area contributed by atoms with E-state index < -0.39 is 0 Å². The number of rotatable bonds is 5. The van der Waals surface area contributed by atoms with E-state index in [9.17, 15) is 14.0 Å². The summed E-state index contributed by atoms with van der Waals surface area (Å²) in [4.78, 5) is 33.7. The Bertz CT molecular complexity index is 1250. The van der Waals surface area contributed by atoms with Crippen LogP contribution in [0.15, 0.2) is 66.0 Å². The summed E-state index contributed by atoms with van der Waals surface area (Å²) in [6.45, 7) is 3.37. The maximum Gasteiger partial charge on any atom is 0.236 e. The van der Waals surface area contributed by atoms with E-state index in [1.165, 1.54) is 22.1 Å². The minimum Gasteiger partial charge on any atom is -0.339 e. The van der Waals surface area contributed by atoms with Gasteiger partial charge in [-0.3, -0.25) is 14.5 Å². The Balaban J connectivity index is 1.08. The van der Waals surface area contributed by atoms with E-state index in [0.29, 0.717) is 38.6 Å².